The molecule has 1 aliphatic rings. The van der Waals surface area contributed by atoms with Crippen LogP contribution in [0, 0.1) is 0 Å². The summed E-state index contributed by atoms with van der Waals surface area (Å²) < 4.78 is 11.1. The first-order valence-electron chi connectivity index (χ1n) is 8.76. The van der Waals surface area contributed by atoms with Crippen LogP contribution >= 0.6 is 0 Å². The molecular formula is C19H24N4O3. The third-order valence-corrected chi connectivity index (χ3v) is 4.45. The first kappa shape index (κ1) is 18.1. The van der Waals surface area contributed by atoms with Gasteiger partial charge in [-0.05, 0) is 44.2 Å². The van der Waals surface area contributed by atoms with Crippen LogP contribution in [0.5, 0.6) is 17.4 Å². The molecule has 1 N–H and O–H groups in total. The molecule has 1 aromatic carbocycles. The van der Waals surface area contributed by atoms with E-state index in [9.17, 15) is 4.79 Å². The number of carbonyl (C=O) groups is 1. The van der Waals surface area contributed by atoms with Gasteiger partial charge in [0.05, 0.1) is 13.7 Å². The summed E-state index contributed by atoms with van der Waals surface area (Å²) in [6, 6.07) is 7.34. The van der Waals surface area contributed by atoms with Crippen LogP contribution in [-0.2, 0) is 4.79 Å². The number of methoxy groups -OCH3 is 1. The van der Waals surface area contributed by atoms with E-state index in [1.807, 2.05) is 29.2 Å². The molecule has 2 heterocycles. The Balaban J connectivity index is 1.76. The van der Waals surface area contributed by atoms with Gasteiger partial charge >= 0.3 is 0 Å². The summed E-state index contributed by atoms with van der Waals surface area (Å²) >= 11 is 0. The van der Waals surface area contributed by atoms with Gasteiger partial charge in [-0.2, -0.15) is 0 Å². The zero-order chi connectivity index (χ0) is 18.4. The van der Waals surface area contributed by atoms with E-state index >= 15 is 0 Å². The number of nitrogens with zero attached hydrogens (tertiary/aromatic N) is 3. The molecule has 26 heavy (non-hydrogen) atoms. The summed E-state index contributed by atoms with van der Waals surface area (Å²) in [7, 11) is 3.41. The molecule has 7 nitrogen and oxygen atoms in total. The first-order valence-corrected chi connectivity index (χ1v) is 8.76. The quantitative estimate of drug-likeness (QED) is 0.855. The van der Waals surface area contributed by atoms with Crippen molar-refractivity contribution in [2.45, 2.75) is 18.8 Å². The number of likely N-dealkylation sites (N-methyl/N-ethyl adjacent to an activating group) is 1. The molecule has 0 radical (unpaired) electrons. The number of aromatic nitrogens is 2. The Kier molecular flexibility index (Phi) is 6.01. The zero-order valence-corrected chi connectivity index (χ0v) is 15.1. The smallest absolute Gasteiger partial charge is 0.241 e. The number of rotatable bonds is 6. The van der Waals surface area contributed by atoms with Crippen molar-refractivity contribution in [1.82, 2.24) is 20.2 Å². The molecule has 1 atom stereocenters. The SMILES string of the molecule is CNCC(=O)N1CCC[C@@H](c2nccnc2Oc2ccc(OC)cc2)C1. The van der Waals surface area contributed by atoms with Crippen LogP contribution < -0.4 is 14.8 Å². The van der Waals surface area contributed by atoms with E-state index < -0.39 is 0 Å². The summed E-state index contributed by atoms with van der Waals surface area (Å²) in [5, 5.41) is 2.92. The molecule has 1 fully saturated rings. The number of nitrogens with one attached hydrogen (secondary N) is 1. The normalized spacial score (nSPS) is 17.0. The molecule has 1 saturated heterocycles. The van der Waals surface area contributed by atoms with E-state index in [1.165, 1.54) is 0 Å². The monoisotopic (exact) mass is 356 g/mol. The fourth-order valence-electron chi connectivity index (χ4n) is 3.14. The van der Waals surface area contributed by atoms with Crippen LogP contribution in [0.2, 0.25) is 0 Å². The Hall–Kier alpha value is -2.67. The molecule has 1 aliphatic heterocycles. The summed E-state index contributed by atoms with van der Waals surface area (Å²) in [5.41, 5.74) is 0.797. The van der Waals surface area contributed by atoms with Crippen LogP contribution in [0.25, 0.3) is 0 Å². The van der Waals surface area contributed by atoms with Crippen molar-refractivity contribution in [3.8, 4) is 17.4 Å². The third kappa shape index (κ3) is 4.29. The maximum absolute atomic E-state index is 12.2. The maximum atomic E-state index is 12.2. The largest absolute Gasteiger partial charge is 0.497 e. The van der Waals surface area contributed by atoms with Gasteiger partial charge in [-0.1, -0.05) is 0 Å². The Labute approximate surface area is 153 Å². The number of hydrogen-bond donors (Lipinski definition) is 1. The van der Waals surface area contributed by atoms with Gasteiger partial charge in [0.2, 0.25) is 11.8 Å². The van der Waals surface area contributed by atoms with E-state index in [4.69, 9.17) is 9.47 Å². The molecule has 138 valence electrons. The van der Waals surface area contributed by atoms with Gasteiger partial charge in [0.25, 0.3) is 0 Å². The third-order valence-electron chi connectivity index (χ3n) is 4.45. The molecule has 2 aromatic rings. The second kappa shape index (κ2) is 8.62. The van der Waals surface area contributed by atoms with E-state index in [1.54, 1.807) is 26.6 Å². The minimum absolute atomic E-state index is 0.110. The highest BCUT2D eigenvalue weighted by atomic mass is 16.5. The van der Waals surface area contributed by atoms with Gasteiger partial charge in [0, 0.05) is 31.4 Å². The molecule has 3 rings (SSSR count). The number of carbonyl (C=O) groups excluding carboxylic acids is 1. The highest BCUT2D eigenvalue weighted by Crippen LogP contribution is 2.33. The Morgan fingerprint density at radius 2 is 1.96 bits per heavy atom. The van der Waals surface area contributed by atoms with E-state index in [-0.39, 0.29) is 11.8 Å². The number of piperidine rings is 1. The van der Waals surface area contributed by atoms with E-state index in [0.29, 0.717) is 24.7 Å². The second-order valence-electron chi connectivity index (χ2n) is 6.23. The average Bonchev–Trinajstić information content (AvgIpc) is 2.69. The number of benzene rings is 1. The van der Waals surface area contributed by atoms with Crippen LogP contribution in [0.1, 0.15) is 24.5 Å². The van der Waals surface area contributed by atoms with Gasteiger partial charge in [-0.25, -0.2) is 4.98 Å². The van der Waals surface area contributed by atoms with Crippen molar-refractivity contribution in [2.75, 3.05) is 33.8 Å². The number of likely N-dealkylation sites (tertiary alicyclic amines) is 1. The molecule has 0 bridgehead atoms. The predicted molar refractivity (Wildman–Crippen MR) is 97.6 cm³/mol. The molecule has 7 heteroatoms. The van der Waals surface area contributed by atoms with Gasteiger partial charge < -0.3 is 19.7 Å². The number of hydrogen-bond acceptors (Lipinski definition) is 6. The highest BCUT2D eigenvalue weighted by Gasteiger charge is 2.28. The molecular weight excluding hydrogens is 332 g/mol. The molecule has 0 aliphatic carbocycles. The lowest BCUT2D eigenvalue weighted by atomic mass is 9.94. The minimum Gasteiger partial charge on any atom is -0.497 e. The predicted octanol–water partition coefficient (Wildman–Crippen LogP) is 2.20. The molecule has 1 amide bonds. The van der Waals surface area contributed by atoms with Crippen molar-refractivity contribution in [1.29, 1.82) is 0 Å². The van der Waals surface area contributed by atoms with Crippen molar-refractivity contribution in [3.63, 3.8) is 0 Å². The zero-order valence-electron chi connectivity index (χ0n) is 15.1. The van der Waals surface area contributed by atoms with Gasteiger partial charge in [0.15, 0.2) is 0 Å². The minimum atomic E-state index is 0.110. The summed E-state index contributed by atoms with van der Waals surface area (Å²) in [6.07, 6.45) is 5.19. The Morgan fingerprint density at radius 1 is 1.23 bits per heavy atom. The first-order chi connectivity index (χ1) is 12.7. The number of ether oxygens (including phenoxy) is 2. The highest BCUT2D eigenvalue weighted by molar-refractivity contribution is 5.78. The Morgan fingerprint density at radius 3 is 2.69 bits per heavy atom. The number of amides is 1. The molecule has 1 aromatic heterocycles. The fourth-order valence-corrected chi connectivity index (χ4v) is 3.14. The maximum Gasteiger partial charge on any atom is 0.241 e. The fraction of sp³-hybridized carbons (Fsp3) is 0.421. The molecule has 0 unspecified atom stereocenters. The lowest BCUT2D eigenvalue weighted by molar-refractivity contribution is -0.131. The van der Waals surface area contributed by atoms with Gasteiger partial charge in [0.1, 0.15) is 17.2 Å². The lowest BCUT2D eigenvalue weighted by Gasteiger charge is -2.32. The summed E-state index contributed by atoms with van der Waals surface area (Å²) in [4.78, 5) is 23.0. The van der Waals surface area contributed by atoms with Crippen molar-refractivity contribution >= 4 is 5.91 Å². The lowest BCUT2D eigenvalue weighted by Crippen LogP contribution is -2.43. The molecule has 0 spiro atoms. The second-order valence-corrected chi connectivity index (χ2v) is 6.23. The van der Waals surface area contributed by atoms with Crippen LogP contribution in [0.15, 0.2) is 36.7 Å². The summed E-state index contributed by atoms with van der Waals surface area (Å²) in [5.74, 6) is 2.16. The summed E-state index contributed by atoms with van der Waals surface area (Å²) in [6.45, 7) is 1.77. The topological polar surface area (TPSA) is 76.6 Å². The van der Waals surface area contributed by atoms with Crippen molar-refractivity contribution in [2.24, 2.45) is 0 Å². The van der Waals surface area contributed by atoms with Crippen LogP contribution in [-0.4, -0.2) is 54.6 Å². The van der Waals surface area contributed by atoms with Crippen molar-refractivity contribution in [3.05, 3.63) is 42.4 Å². The Bertz CT molecular complexity index is 736. The molecule has 0 saturated carbocycles. The van der Waals surface area contributed by atoms with Crippen LogP contribution in [0.4, 0.5) is 0 Å². The van der Waals surface area contributed by atoms with E-state index in [0.717, 1.165) is 30.8 Å². The van der Waals surface area contributed by atoms with Gasteiger partial charge in [-0.15, -0.1) is 0 Å². The van der Waals surface area contributed by atoms with E-state index in [2.05, 4.69) is 15.3 Å². The standard InChI is InChI=1S/C19H24N4O3/c1-20-12-17(24)23-11-3-4-14(13-23)18-19(22-10-9-21-18)26-16-7-5-15(25-2)6-8-16/h5-10,14,20H,3-4,11-13H2,1-2H3/t14-/m1/s1. The van der Waals surface area contributed by atoms with Gasteiger partial charge in [-0.3, -0.25) is 9.78 Å². The van der Waals surface area contributed by atoms with Crippen LogP contribution in [0.3, 0.4) is 0 Å². The average molecular weight is 356 g/mol. The van der Waals surface area contributed by atoms with Crippen molar-refractivity contribution < 1.29 is 14.3 Å².